The Balaban J connectivity index is 1.78. The minimum absolute atomic E-state index is 0.0973. The van der Waals surface area contributed by atoms with Gasteiger partial charge in [-0.2, -0.15) is 0 Å². The van der Waals surface area contributed by atoms with E-state index in [9.17, 15) is 9.90 Å². The maximum absolute atomic E-state index is 12.8. The second kappa shape index (κ2) is 10.2. The maximum Gasteiger partial charge on any atom is 0.189 e. The number of ether oxygens (including phenoxy) is 3. The SMILES string of the molecule is CCOc1cc(OCc2ccccc2)ccc1C(=O)C=Cc1ccc(O)cc1OC. The van der Waals surface area contributed by atoms with Crippen LogP contribution in [0.3, 0.4) is 0 Å². The average Bonchev–Trinajstić information content (AvgIpc) is 2.77. The number of allylic oxidation sites excluding steroid dienone is 1. The van der Waals surface area contributed by atoms with Gasteiger partial charge in [0, 0.05) is 17.7 Å². The number of hydrogen-bond acceptors (Lipinski definition) is 5. The third-order valence-corrected chi connectivity index (χ3v) is 4.40. The lowest BCUT2D eigenvalue weighted by Gasteiger charge is -2.12. The van der Waals surface area contributed by atoms with E-state index in [1.54, 1.807) is 30.3 Å². The molecule has 154 valence electrons. The minimum Gasteiger partial charge on any atom is -0.508 e. The van der Waals surface area contributed by atoms with Gasteiger partial charge in [-0.3, -0.25) is 4.79 Å². The molecule has 0 heterocycles. The van der Waals surface area contributed by atoms with Gasteiger partial charge in [-0.15, -0.1) is 0 Å². The lowest BCUT2D eigenvalue weighted by molar-refractivity contribution is 0.104. The van der Waals surface area contributed by atoms with E-state index in [0.29, 0.717) is 41.6 Å². The number of hydrogen-bond donors (Lipinski definition) is 1. The molecule has 0 bridgehead atoms. The van der Waals surface area contributed by atoms with Crippen LogP contribution < -0.4 is 14.2 Å². The van der Waals surface area contributed by atoms with E-state index in [2.05, 4.69) is 0 Å². The van der Waals surface area contributed by atoms with Gasteiger partial charge in [0.2, 0.25) is 0 Å². The first-order valence-corrected chi connectivity index (χ1v) is 9.63. The smallest absolute Gasteiger partial charge is 0.189 e. The number of phenols is 1. The molecular weight excluding hydrogens is 380 g/mol. The number of carbonyl (C=O) groups excluding carboxylic acids is 1. The third-order valence-electron chi connectivity index (χ3n) is 4.40. The van der Waals surface area contributed by atoms with Crippen molar-refractivity contribution in [3.8, 4) is 23.0 Å². The van der Waals surface area contributed by atoms with Crippen LogP contribution in [0.1, 0.15) is 28.4 Å². The summed E-state index contributed by atoms with van der Waals surface area (Å²) >= 11 is 0. The van der Waals surface area contributed by atoms with Gasteiger partial charge in [0.05, 0.1) is 19.3 Å². The Bertz CT molecular complexity index is 1020. The molecular formula is C25H24O5. The Kier molecular flexibility index (Phi) is 7.11. The summed E-state index contributed by atoms with van der Waals surface area (Å²) in [6, 6.07) is 19.8. The highest BCUT2D eigenvalue weighted by Crippen LogP contribution is 2.28. The average molecular weight is 404 g/mol. The zero-order valence-electron chi connectivity index (χ0n) is 17.0. The molecule has 0 fully saturated rings. The standard InChI is InChI=1S/C25H24O5/c1-3-29-25-16-21(30-17-18-7-5-4-6-8-18)12-13-22(25)23(27)14-10-19-9-11-20(26)15-24(19)28-2/h4-16,26H,3,17H2,1-2H3. The molecule has 0 unspecified atom stereocenters. The fraction of sp³-hybridized carbons (Fsp3) is 0.160. The maximum atomic E-state index is 12.8. The number of rotatable bonds is 9. The molecule has 0 saturated carbocycles. The second-order valence-corrected chi connectivity index (χ2v) is 6.49. The number of methoxy groups -OCH3 is 1. The number of carbonyl (C=O) groups is 1. The van der Waals surface area contributed by atoms with Crippen LogP contribution in [0.15, 0.2) is 72.8 Å². The van der Waals surface area contributed by atoms with Crippen LogP contribution in [0, 0.1) is 0 Å². The summed E-state index contributed by atoms with van der Waals surface area (Å²) in [5, 5.41) is 9.56. The van der Waals surface area contributed by atoms with E-state index in [4.69, 9.17) is 14.2 Å². The quantitative estimate of drug-likeness (QED) is 0.389. The highest BCUT2D eigenvalue weighted by atomic mass is 16.5. The van der Waals surface area contributed by atoms with Crippen LogP contribution in [0.4, 0.5) is 0 Å². The van der Waals surface area contributed by atoms with Gasteiger partial charge in [0.1, 0.15) is 29.6 Å². The fourth-order valence-corrected chi connectivity index (χ4v) is 2.90. The van der Waals surface area contributed by atoms with Crippen LogP contribution in [0.5, 0.6) is 23.0 Å². The molecule has 0 aliphatic rings. The summed E-state index contributed by atoms with van der Waals surface area (Å²) in [6.45, 7) is 2.72. The van der Waals surface area contributed by atoms with E-state index in [-0.39, 0.29) is 11.5 Å². The van der Waals surface area contributed by atoms with Crippen molar-refractivity contribution in [1.29, 1.82) is 0 Å². The first-order valence-electron chi connectivity index (χ1n) is 9.63. The van der Waals surface area contributed by atoms with Crippen molar-refractivity contribution >= 4 is 11.9 Å². The van der Waals surface area contributed by atoms with Gasteiger partial charge < -0.3 is 19.3 Å². The predicted octanol–water partition coefficient (Wildman–Crippen LogP) is 5.27. The molecule has 0 atom stereocenters. The Morgan fingerprint density at radius 1 is 0.967 bits per heavy atom. The fourth-order valence-electron chi connectivity index (χ4n) is 2.90. The Morgan fingerprint density at radius 2 is 1.77 bits per heavy atom. The molecule has 0 radical (unpaired) electrons. The van der Waals surface area contributed by atoms with E-state index in [0.717, 1.165) is 5.56 Å². The third kappa shape index (κ3) is 5.41. The van der Waals surface area contributed by atoms with Crippen molar-refractivity contribution < 1.29 is 24.1 Å². The van der Waals surface area contributed by atoms with Crippen LogP contribution in [-0.4, -0.2) is 24.6 Å². The molecule has 0 spiro atoms. The van der Waals surface area contributed by atoms with E-state index < -0.39 is 0 Å². The first kappa shape index (κ1) is 21.0. The van der Waals surface area contributed by atoms with Crippen LogP contribution in [0.2, 0.25) is 0 Å². The first-order chi connectivity index (χ1) is 14.6. The van der Waals surface area contributed by atoms with Crippen LogP contribution >= 0.6 is 0 Å². The molecule has 0 aliphatic heterocycles. The normalized spacial score (nSPS) is 10.7. The molecule has 30 heavy (non-hydrogen) atoms. The molecule has 3 aromatic rings. The molecule has 0 amide bonds. The lowest BCUT2D eigenvalue weighted by atomic mass is 10.1. The van der Waals surface area contributed by atoms with E-state index in [1.165, 1.54) is 25.3 Å². The zero-order valence-corrected chi connectivity index (χ0v) is 17.0. The molecule has 5 heteroatoms. The van der Waals surface area contributed by atoms with Crippen molar-refractivity contribution in [1.82, 2.24) is 0 Å². The van der Waals surface area contributed by atoms with Gasteiger partial charge in [0.15, 0.2) is 5.78 Å². The molecule has 3 aromatic carbocycles. The number of aromatic hydroxyl groups is 1. The highest BCUT2D eigenvalue weighted by Gasteiger charge is 2.12. The molecule has 0 aromatic heterocycles. The van der Waals surface area contributed by atoms with Gasteiger partial charge in [0.25, 0.3) is 0 Å². The zero-order chi connectivity index (χ0) is 21.3. The molecule has 0 aliphatic carbocycles. The largest absolute Gasteiger partial charge is 0.508 e. The Labute approximate surface area is 176 Å². The van der Waals surface area contributed by atoms with Crippen molar-refractivity contribution in [2.24, 2.45) is 0 Å². The minimum atomic E-state index is -0.205. The van der Waals surface area contributed by atoms with Crippen molar-refractivity contribution in [3.63, 3.8) is 0 Å². The van der Waals surface area contributed by atoms with Crippen LogP contribution in [0.25, 0.3) is 6.08 Å². The van der Waals surface area contributed by atoms with Crippen molar-refractivity contribution in [2.45, 2.75) is 13.5 Å². The van der Waals surface area contributed by atoms with Gasteiger partial charge in [-0.05, 0) is 48.9 Å². The Hall–Kier alpha value is -3.73. The summed E-state index contributed by atoms with van der Waals surface area (Å²) in [7, 11) is 1.51. The van der Waals surface area contributed by atoms with E-state index >= 15 is 0 Å². The molecule has 0 saturated heterocycles. The summed E-state index contributed by atoms with van der Waals surface area (Å²) < 4.78 is 16.7. The summed E-state index contributed by atoms with van der Waals surface area (Å²) in [5.74, 6) is 1.47. The molecule has 5 nitrogen and oxygen atoms in total. The number of benzene rings is 3. The van der Waals surface area contributed by atoms with Gasteiger partial charge in [-0.25, -0.2) is 0 Å². The van der Waals surface area contributed by atoms with Crippen molar-refractivity contribution in [2.75, 3.05) is 13.7 Å². The number of ketones is 1. The highest BCUT2D eigenvalue weighted by molar-refractivity contribution is 6.08. The monoisotopic (exact) mass is 404 g/mol. The molecule has 3 rings (SSSR count). The van der Waals surface area contributed by atoms with Gasteiger partial charge >= 0.3 is 0 Å². The Morgan fingerprint density at radius 3 is 2.50 bits per heavy atom. The summed E-state index contributed by atoms with van der Waals surface area (Å²) in [6.07, 6.45) is 3.10. The van der Waals surface area contributed by atoms with Crippen LogP contribution in [-0.2, 0) is 6.61 Å². The van der Waals surface area contributed by atoms with E-state index in [1.807, 2.05) is 37.3 Å². The second-order valence-electron chi connectivity index (χ2n) is 6.49. The predicted molar refractivity (Wildman–Crippen MR) is 116 cm³/mol. The number of phenolic OH excluding ortho intramolecular Hbond substituents is 1. The summed E-state index contributed by atoms with van der Waals surface area (Å²) in [4.78, 5) is 12.8. The lowest BCUT2D eigenvalue weighted by Crippen LogP contribution is -2.03. The topological polar surface area (TPSA) is 65.0 Å². The summed E-state index contributed by atoms with van der Waals surface area (Å²) in [5.41, 5.74) is 2.18. The van der Waals surface area contributed by atoms with Crippen molar-refractivity contribution in [3.05, 3.63) is 89.5 Å². The van der Waals surface area contributed by atoms with Gasteiger partial charge in [-0.1, -0.05) is 30.3 Å². The molecule has 1 N–H and O–H groups in total.